The van der Waals surface area contributed by atoms with Crippen LogP contribution in [0.5, 0.6) is 11.5 Å². The molecule has 3 rings (SSSR count). The third-order valence-electron chi connectivity index (χ3n) is 5.16. The van der Waals surface area contributed by atoms with Crippen LogP contribution in [0.3, 0.4) is 0 Å². The average molecular weight is 436 g/mol. The van der Waals surface area contributed by atoms with Crippen LogP contribution in [0.1, 0.15) is 25.7 Å². The second-order valence-corrected chi connectivity index (χ2v) is 7.20. The molecule has 2 heterocycles. The van der Waals surface area contributed by atoms with Crippen molar-refractivity contribution in [3.05, 3.63) is 24.3 Å². The predicted molar refractivity (Wildman–Crippen MR) is 104 cm³/mol. The highest BCUT2D eigenvalue weighted by Gasteiger charge is 2.34. The van der Waals surface area contributed by atoms with E-state index in [-0.39, 0.29) is 25.0 Å². The molecule has 0 aromatic heterocycles. The fraction of sp³-hybridized carbons (Fsp3) is 0.500. The van der Waals surface area contributed by atoms with Crippen LogP contribution in [0.2, 0.25) is 0 Å². The zero-order chi connectivity index (χ0) is 22.4. The van der Waals surface area contributed by atoms with Gasteiger partial charge < -0.3 is 34.2 Å². The van der Waals surface area contributed by atoms with E-state index in [1.165, 1.54) is 9.80 Å². The topological polar surface area (TPSA) is 143 Å². The summed E-state index contributed by atoms with van der Waals surface area (Å²) in [4.78, 5) is 49.0. The molecule has 2 amide bonds. The molecule has 2 saturated heterocycles. The molecule has 1 aromatic rings. The lowest BCUT2D eigenvalue weighted by Crippen LogP contribution is -2.42. The number of hydrogen-bond donors (Lipinski definition) is 2. The summed E-state index contributed by atoms with van der Waals surface area (Å²) in [5.41, 5.74) is 0. The van der Waals surface area contributed by atoms with Crippen LogP contribution >= 0.6 is 0 Å². The van der Waals surface area contributed by atoms with Crippen LogP contribution in [-0.2, 0) is 19.1 Å². The van der Waals surface area contributed by atoms with E-state index in [4.69, 9.17) is 24.4 Å². The molecule has 2 aliphatic rings. The molecule has 2 fully saturated rings. The average Bonchev–Trinajstić information content (AvgIpc) is 3.40. The molecule has 11 nitrogen and oxygen atoms in total. The number of carbonyl (C=O) groups excluding carboxylic acids is 2. The first-order valence-corrected chi connectivity index (χ1v) is 9.92. The SMILES string of the molecule is O=C(O)O[C@@H]1CCCN1C(=O)COc1ccc(OCC(=O)N2CCC[C@@H]2C(=O)O)cc1. The van der Waals surface area contributed by atoms with Crippen molar-refractivity contribution in [2.45, 2.75) is 38.0 Å². The molecule has 1 aromatic carbocycles. The van der Waals surface area contributed by atoms with Crippen LogP contribution in [0.15, 0.2) is 24.3 Å². The number of carbonyl (C=O) groups is 4. The maximum Gasteiger partial charge on any atom is 0.507 e. The van der Waals surface area contributed by atoms with Crippen molar-refractivity contribution < 1.29 is 43.6 Å². The Labute approximate surface area is 178 Å². The summed E-state index contributed by atoms with van der Waals surface area (Å²) in [6, 6.07) is 5.47. The van der Waals surface area contributed by atoms with Crippen LogP contribution in [0, 0.1) is 0 Å². The summed E-state index contributed by atoms with van der Waals surface area (Å²) in [5.74, 6) is -0.996. The monoisotopic (exact) mass is 436 g/mol. The van der Waals surface area contributed by atoms with E-state index in [0.29, 0.717) is 50.3 Å². The Morgan fingerprint density at radius 2 is 1.35 bits per heavy atom. The summed E-state index contributed by atoms with van der Waals surface area (Å²) < 4.78 is 15.6. The minimum Gasteiger partial charge on any atom is -0.484 e. The highest BCUT2D eigenvalue weighted by molar-refractivity contribution is 5.85. The van der Waals surface area contributed by atoms with Crippen LogP contribution in [0.25, 0.3) is 0 Å². The second-order valence-electron chi connectivity index (χ2n) is 7.20. The van der Waals surface area contributed by atoms with Crippen molar-refractivity contribution in [3.8, 4) is 11.5 Å². The summed E-state index contributed by atoms with van der Waals surface area (Å²) in [6.45, 7) is 0.252. The number of amides is 2. The number of rotatable bonds is 8. The zero-order valence-electron chi connectivity index (χ0n) is 16.8. The number of carboxylic acid groups (broad SMARTS) is 2. The summed E-state index contributed by atoms with van der Waals surface area (Å²) in [5, 5.41) is 17.9. The van der Waals surface area contributed by atoms with Crippen LogP contribution in [0.4, 0.5) is 4.79 Å². The third kappa shape index (κ3) is 5.77. The van der Waals surface area contributed by atoms with E-state index in [9.17, 15) is 19.2 Å². The lowest BCUT2D eigenvalue weighted by Gasteiger charge is -2.23. The second kappa shape index (κ2) is 10.0. The molecule has 0 radical (unpaired) electrons. The maximum absolute atomic E-state index is 12.3. The van der Waals surface area contributed by atoms with Gasteiger partial charge in [-0.2, -0.15) is 0 Å². The largest absolute Gasteiger partial charge is 0.507 e. The van der Waals surface area contributed by atoms with Crippen molar-refractivity contribution in [1.82, 2.24) is 9.80 Å². The van der Waals surface area contributed by atoms with Crippen LogP contribution < -0.4 is 9.47 Å². The van der Waals surface area contributed by atoms with Gasteiger partial charge in [-0.1, -0.05) is 0 Å². The zero-order valence-corrected chi connectivity index (χ0v) is 16.8. The van der Waals surface area contributed by atoms with E-state index in [1.807, 2.05) is 0 Å². The Morgan fingerprint density at radius 3 is 1.90 bits per heavy atom. The highest BCUT2D eigenvalue weighted by atomic mass is 16.7. The number of benzene rings is 1. The summed E-state index contributed by atoms with van der Waals surface area (Å²) in [7, 11) is 0. The van der Waals surface area contributed by atoms with Gasteiger partial charge in [0.25, 0.3) is 11.8 Å². The van der Waals surface area contributed by atoms with Crippen molar-refractivity contribution in [2.75, 3.05) is 26.3 Å². The van der Waals surface area contributed by atoms with Gasteiger partial charge in [0.2, 0.25) is 0 Å². The van der Waals surface area contributed by atoms with E-state index in [0.717, 1.165) is 0 Å². The third-order valence-corrected chi connectivity index (χ3v) is 5.16. The minimum absolute atomic E-state index is 0.274. The van der Waals surface area contributed by atoms with Gasteiger partial charge in [0.15, 0.2) is 19.4 Å². The first-order valence-electron chi connectivity index (χ1n) is 9.92. The Kier molecular flexibility index (Phi) is 7.16. The van der Waals surface area contributed by atoms with E-state index >= 15 is 0 Å². The van der Waals surface area contributed by atoms with E-state index in [2.05, 4.69) is 0 Å². The number of aliphatic carboxylic acids is 1. The Bertz CT molecular complexity index is 826. The molecule has 168 valence electrons. The quantitative estimate of drug-likeness (QED) is 0.574. The van der Waals surface area contributed by atoms with Gasteiger partial charge in [0, 0.05) is 19.5 Å². The van der Waals surface area contributed by atoms with Gasteiger partial charge in [-0.05, 0) is 43.5 Å². The van der Waals surface area contributed by atoms with Gasteiger partial charge in [-0.3, -0.25) is 9.59 Å². The van der Waals surface area contributed by atoms with E-state index in [1.54, 1.807) is 24.3 Å². The molecule has 31 heavy (non-hydrogen) atoms. The summed E-state index contributed by atoms with van der Waals surface area (Å²) in [6.07, 6.45) is -0.0336. The normalized spacial score (nSPS) is 20.4. The van der Waals surface area contributed by atoms with Gasteiger partial charge >= 0.3 is 12.1 Å². The van der Waals surface area contributed by atoms with Crippen molar-refractivity contribution in [3.63, 3.8) is 0 Å². The molecule has 0 bridgehead atoms. The number of carboxylic acids is 1. The molecular weight excluding hydrogens is 412 g/mol. The van der Waals surface area contributed by atoms with Gasteiger partial charge in [-0.25, -0.2) is 9.59 Å². The lowest BCUT2D eigenvalue weighted by molar-refractivity contribution is -0.149. The van der Waals surface area contributed by atoms with Crippen LogP contribution in [-0.4, -0.2) is 82.5 Å². The van der Waals surface area contributed by atoms with Gasteiger partial charge in [0.05, 0.1) is 0 Å². The molecule has 11 heteroatoms. The van der Waals surface area contributed by atoms with Gasteiger partial charge in [0.1, 0.15) is 17.5 Å². The maximum atomic E-state index is 12.3. The van der Waals surface area contributed by atoms with Crippen molar-refractivity contribution in [1.29, 1.82) is 0 Å². The lowest BCUT2D eigenvalue weighted by atomic mass is 10.2. The fourth-order valence-corrected chi connectivity index (χ4v) is 3.67. The first kappa shape index (κ1) is 22.2. The van der Waals surface area contributed by atoms with Gasteiger partial charge in [-0.15, -0.1) is 0 Å². The Hall–Kier alpha value is -3.50. The molecule has 0 saturated carbocycles. The molecule has 2 atom stereocenters. The standard InChI is InChI=1S/C20H24N2O9/c23-16(21-9-1-3-15(21)19(25)26)11-29-13-5-7-14(8-6-13)30-12-17(24)22-10-2-4-18(22)31-20(27)28/h5-8,15,18H,1-4,9-12H2,(H,25,26)(H,27,28)/t15-,18-/m1/s1. The Morgan fingerprint density at radius 1 is 0.839 bits per heavy atom. The van der Waals surface area contributed by atoms with Crippen molar-refractivity contribution >= 4 is 23.9 Å². The number of likely N-dealkylation sites (tertiary alicyclic amines) is 2. The number of hydrogen-bond acceptors (Lipinski definition) is 7. The van der Waals surface area contributed by atoms with E-state index < -0.39 is 24.4 Å². The molecule has 0 aliphatic carbocycles. The predicted octanol–water partition coefficient (Wildman–Crippen LogP) is 1.16. The summed E-state index contributed by atoms with van der Waals surface area (Å²) >= 11 is 0. The molecule has 0 spiro atoms. The number of ether oxygens (including phenoxy) is 3. The molecule has 0 unspecified atom stereocenters. The molecule has 2 aliphatic heterocycles. The highest BCUT2D eigenvalue weighted by Crippen LogP contribution is 2.22. The van der Waals surface area contributed by atoms with Crippen molar-refractivity contribution in [2.24, 2.45) is 0 Å². The Balaban J connectivity index is 1.45. The fourth-order valence-electron chi connectivity index (χ4n) is 3.67. The molecular formula is C20H24N2O9. The first-order chi connectivity index (χ1) is 14.8. The molecule has 2 N–H and O–H groups in total. The smallest absolute Gasteiger partial charge is 0.484 e. The minimum atomic E-state index is -1.43. The number of nitrogens with zero attached hydrogens (tertiary/aromatic N) is 2.